The zero-order valence-electron chi connectivity index (χ0n) is 15.8. The van der Waals surface area contributed by atoms with Crippen LogP contribution in [0.3, 0.4) is 0 Å². The molecule has 0 aliphatic rings. The maximum Gasteiger partial charge on any atom is 0.338 e. The number of carbonyl (C=O) groups is 3. The Morgan fingerprint density at radius 3 is 2.18 bits per heavy atom. The number of esters is 2. The van der Waals surface area contributed by atoms with E-state index >= 15 is 0 Å². The lowest BCUT2D eigenvalue weighted by Crippen LogP contribution is -2.20. The molecule has 148 valence electrons. The van der Waals surface area contributed by atoms with E-state index in [1.807, 2.05) is 0 Å². The molecule has 0 aromatic heterocycles. The SMILES string of the molecule is CCOC(=O)c1ccc(NC(=O)COc2ccc(C(=O)OC)cc2OC)cc1. The normalized spacial score (nSPS) is 9.96. The molecule has 2 aromatic carbocycles. The summed E-state index contributed by atoms with van der Waals surface area (Å²) >= 11 is 0. The fourth-order valence-electron chi connectivity index (χ4n) is 2.28. The highest BCUT2D eigenvalue weighted by atomic mass is 16.5. The standard InChI is InChI=1S/C20H21NO7/c1-4-27-20(24)13-5-8-15(9-6-13)21-18(22)12-28-16-10-7-14(19(23)26-3)11-17(16)25-2/h5-11H,4,12H2,1-3H3,(H,21,22). The third kappa shape index (κ3) is 5.47. The minimum Gasteiger partial charge on any atom is -0.493 e. The molecule has 0 saturated heterocycles. The summed E-state index contributed by atoms with van der Waals surface area (Å²) in [5.41, 5.74) is 1.21. The molecule has 0 aliphatic carbocycles. The lowest BCUT2D eigenvalue weighted by Gasteiger charge is -2.12. The second-order valence-corrected chi connectivity index (χ2v) is 5.49. The highest BCUT2D eigenvalue weighted by Gasteiger charge is 2.13. The van der Waals surface area contributed by atoms with Crippen molar-refractivity contribution in [2.75, 3.05) is 32.8 Å². The molecule has 8 nitrogen and oxygen atoms in total. The zero-order valence-corrected chi connectivity index (χ0v) is 15.8. The number of nitrogens with one attached hydrogen (secondary N) is 1. The number of carbonyl (C=O) groups excluding carboxylic acids is 3. The number of hydrogen-bond acceptors (Lipinski definition) is 7. The smallest absolute Gasteiger partial charge is 0.338 e. The first-order valence-corrected chi connectivity index (χ1v) is 8.44. The van der Waals surface area contributed by atoms with Crippen LogP contribution in [0.1, 0.15) is 27.6 Å². The van der Waals surface area contributed by atoms with Gasteiger partial charge in [-0.1, -0.05) is 0 Å². The Morgan fingerprint density at radius 1 is 0.893 bits per heavy atom. The highest BCUT2D eigenvalue weighted by Crippen LogP contribution is 2.28. The van der Waals surface area contributed by atoms with Crippen LogP contribution in [0.5, 0.6) is 11.5 Å². The van der Waals surface area contributed by atoms with E-state index in [2.05, 4.69) is 10.1 Å². The Hall–Kier alpha value is -3.55. The topological polar surface area (TPSA) is 100 Å². The number of ether oxygens (including phenoxy) is 4. The Labute approximate surface area is 162 Å². The zero-order chi connectivity index (χ0) is 20.5. The van der Waals surface area contributed by atoms with Crippen molar-refractivity contribution in [3.05, 3.63) is 53.6 Å². The lowest BCUT2D eigenvalue weighted by atomic mass is 10.2. The van der Waals surface area contributed by atoms with Gasteiger partial charge in [-0.3, -0.25) is 4.79 Å². The lowest BCUT2D eigenvalue weighted by molar-refractivity contribution is -0.118. The van der Waals surface area contributed by atoms with Gasteiger partial charge < -0.3 is 24.3 Å². The third-order valence-corrected chi connectivity index (χ3v) is 3.62. The van der Waals surface area contributed by atoms with Crippen molar-refractivity contribution in [1.82, 2.24) is 0 Å². The van der Waals surface area contributed by atoms with Gasteiger partial charge in [0.05, 0.1) is 32.0 Å². The Morgan fingerprint density at radius 2 is 1.57 bits per heavy atom. The summed E-state index contributed by atoms with van der Waals surface area (Å²) in [6.07, 6.45) is 0. The van der Waals surface area contributed by atoms with E-state index in [9.17, 15) is 14.4 Å². The summed E-state index contributed by atoms with van der Waals surface area (Å²) in [6.45, 7) is 1.75. The molecule has 0 saturated carbocycles. The molecule has 1 N–H and O–H groups in total. The van der Waals surface area contributed by atoms with Crippen LogP contribution >= 0.6 is 0 Å². The van der Waals surface area contributed by atoms with Crippen LogP contribution in [0.25, 0.3) is 0 Å². The average Bonchev–Trinajstić information content (AvgIpc) is 2.72. The number of hydrogen-bond donors (Lipinski definition) is 1. The molecule has 0 heterocycles. The van der Waals surface area contributed by atoms with E-state index in [0.717, 1.165) is 0 Å². The van der Waals surface area contributed by atoms with Gasteiger partial charge in [-0.2, -0.15) is 0 Å². The fraction of sp³-hybridized carbons (Fsp3) is 0.250. The number of methoxy groups -OCH3 is 2. The molecule has 0 radical (unpaired) electrons. The second kappa shape index (κ2) is 9.96. The molecule has 0 unspecified atom stereocenters. The van der Waals surface area contributed by atoms with Crippen molar-refractivity contribution in [2.45, 2.75) is 6.92 Å². The van der Waals surface area contributed by atoms with Crippen molar-refractivity contribution >= 4 is 23.5 Å². The van der Waals surface area contributed by atoms with Crippen LogP contribution in [-0.4, -0.2) is 45.3 Å². The molecule has 0 aliphatic heterocycles. The maximum absolute atomic E-state index is 12.1. The summed E-state index contributed by atoms with van der Waals surface area (Å²) in [6, 6.07) is 10.8. The van der Waals surface area contributed by atoms with Crippen LogP contribution in [0.15, 0.2) is 42.5 Å². The minimum absolute atomic E-state index is 0.270. The first kappa shape index (κ1) is 20.8. The van der Waals surface area contributed by atoms with Gasteiger partial charge in [-0.05, 0) is 49.4 Å². The van der Waals surface area contributed by atoms with Crippen LogP contribution in [0.2, 0.25) is 0 Å². The Kier molecular flexibility index (Phi) is 7.38. The summed E-state index contributed by atoms with van der Waals surface area (Å²) in [4.78, 5) is 35.3. The molecule has 8 heteroatoms. The van der Waals surface area contributed by atoms with Gasteiger partial charge in [0.15, 0.2) is 18.1 Å². The van der Waals surface area contributed by atoms with Crippen molar-refractivity contribution in [2.24, 2.45) is 0 Å². The summed E-state index contributed by atoms with van der Waals surface area (Å²) in [5.74, 6) is -0.722. The number of anilines is 1. The molecule has 2 aromatic rings. The van der Waals surface area contributed by atoms with Crippen molar-refractivity contribution < 1.29 is 33.3 Å². The quantitative estimate of drug-likeness (QED) is 0.695. The van der Waals surface area contributed by atoms with E-state index in [4.69, 9.17) is 14.2 Å². The predicted octanol–water partition coefficient (Wildman–Crippen LogP) is 2.68. The molecule has 28 heavy (non-hydrogen) atoms. The fourth-order valence-corrected chi connectivity index (χ4v) is 2.28. The van der Waals surface area contributed by atoms with Crippen LogP contribution in [0, 0.1) is 0 Å². The minimum atomic E-state index is -0.506. The molecule has 0 fully saturated rings. The highest BCUT2D eigenvalue weighted by molar-refractivity contribution is 5.94. The third-order valence-electron chi connectivity index (χ3n) is 3.62. The second-order valence-electron chi connectivity index (χ2n) is 5.49. The largest absolute Gasteiger partial charge is 0.493 e. The predicted molar refractivity (Wildman–Crippen MR) is 101 cm³/mol. The van der Waals surface area contributed by atoms with E-state index in [1.165, 1.54) is 32.4 Å². The monoisotopic (exact) mass is 387 g/mol. The van der Waals surface area contributed by atoms with Gasteiger partial charge in [0.25, 0.3) is 5.91 Å². The molecule has 0 spiro atoms. The van der Waals surface area contributed by atoms with Crippen LogP contribution in [-0.2, 0) is 14.3 Å². The number of benzene rings is 2. The molecular formula is C20H21NO7. The summed E-state index contributed by atoms with van der Waals surface area (Å²) in [7, 11) is 2.71. The average molecular weight is 387 g/mol. The molecule has 2 rings (SSSR count). The Bertz CT molecular complexity index is 846. The van der Waals surface area contributed by atoms with Gasteiger partial charge in [0.1, 0.15) is 0 Å². The van der Waals surface area contributed by atoms with E-state index in [-0.39, 0.29) is 6.61 Å². The summed E-state index contributed by atoms with van der Waals surface area (Å²) in [5, 5.41) is 2.66. The van der Waals surface area contributed by atoms with Gasteiger partial charge >= 0.3 is 11.9 Å². The molecule has 0 bridgehead atoms. The van der Waals surface area contributed by atoms with Crippen LogP contribution < -0.4 is 14.8 Å². The van der Waals surface area contributed by atoms with E-state index in [1.54, 1.807) is 31.2 Å². The number of rotatable bonds is 8. The maximum atomic E-state index is 12.1. The molecular weight excluding hydrogens is 366 g/mol. The van der Waals surface area contributed by atoms with Gasteiger partial charge in [0, 0.05) is 5.69 Å². The summed E-state index contributed by atoms with van der Waals surface area (Å²) < 4.78 is 20.2. The number of amides is 1. The van der Waals surface area contributed by atoms with E-state index in [0.29, 0.717) is 34.9 Å². The first-order chi connectivity index (χ1) is 13.5. The van der Waals surface area contributed by atoms with E-state index < -0.39 is 17.8 Å². The van der Waals surface area contributed by atoms with Gasteiger partial charge in [0.2, 0.25) is 0 Å². The Balaban J connectivity index is 1.95. The van der Waals surface area contributed by atoms with Crippen molar-refractivity contribution in [3.63, 3.8) is 0 Å². The first-order valence-electron chi connectivity index (χ1n) is 8.44. The van der Waals surface area contributed by atoms with Gasteiger partial charge in [-0.25, -0.2) is 9.59 Å². The molecule has 0 atom stereocenters. The van der Waals surface area contributed by atoms with Crippen LogP contribution in [0.4, 0.5) is 5.69 Å². The van der Waals surface area contributed by atoms with Crippen molar-refractivity contribution in [1.29, 1.82) is 0 Å². The van der Waals surface area contributed by atoms with Gasteiger partial charge in [-0.15, -0.1) is 0 Å². The van der Waals surface area contributed by atoms with Crippen molar-refractivity contribution in [3.8, 4) is 11.5 Å². The molecule has 1 amide bonds.